The molecule has 2 aromatic rings. The molecule has 5 nitrogen and oxygen atoms in total. The quantitative estimate of drug-likeness (QED) is 0.799. The summed E-state index contributed by atoms with van der Waals surface area (Å²) in [7, 11) is 0. The van der Waals surface area contributed by atoms with Gasteiger partial charge in [0.05, 0.1) is 22.7 Å². The van der Waals surface area contributed by atoms with E-state index in [1.54, 1.807) is 17.5 Å². The van der Waals surface area contributed by atoms with Gasteiger partial charge in [0.2, 0.25) is 0 Å². The maximum Gasteiger partial charge on any atom is 0.264 e. The van der Waals surface area contributed by atoms with Crippen LogP contribution < -0.4 is 11.1 Å². The van der Waals surface area contributed by atoms with E-state index in [0.717, 1.165) is 12.1 Å². The molecule has 0 saturated carbocycles. The number of nitrogens with one attached hydrogen (secondary N) is 1. The van der Waals surface area contributed by atoms with Crippen LogP contribution in [0.1, 0.15) is 21.7 Å². The van der Waals surface area contributed by atoms with Crippen LogP contribution in [0.5, 0.6) is 0 Å². The minimum Gasteiger partial charge on any atom is -0.383 e. The van der Waals surface area contributed by atoms with Gasteiger partial charge < -0.3 is 16.0 Å². The molecule has 9 heteroatoms. The molecule has 0 aliphatic carbocycles. The maximum absolute atomic E-state index is 15.0. The second-order valence-corrected chi connectivity index (χ2v) is 7.22. The molecule has 1 amide bonds. The Morgan fingerprint density at radius 1 is 1.35 bits per heavy atom. The third-order valence-electron chi connectivity index (χ3n) is 4.70. The number of carbonyl (C=O) groups is 1. The van der Waals surface area contributed by atoms with Crippen LogP contribution in [-0.4, -0.2) is 41.6 Å². The van der Waals surface area contributed by atoms with E-state index < -0.39 is 23.5 Å². The van der Waals surface area contributed by atoms with Gasteiger partial charge in [-0.25, -0.2) is 18.2 Å². The highest BCUT2D eigenvalue weighted by atomic mass is 32.1. The number of anilines is 1. The predicted molar refractivity (Wildman–Crippen MR) is 93.2 cm³/mol. The standard InChI is InChI=1S/C17H15F3N4OS/c18-9-3-4-10(19)14-13(9)15(21)23-17(22-14)5-6-24(8-12(17)20)16(25)11-2-1-7-26-11/h1-4,7,12,22H,5-6,8H2,(H2,21,23). The van der Waals surface area contributed by atoms with Crippen LogP contribution in [0, 0.1) is 11.6 Å². The van der Waals surface area contributed by atoms with E-state index in [9.17, 15) is 13.6 Å². The second-order valence-electron chi connectivity index (χ2n) is 6.27. The zero-order valence-corrected chi connectivity index (χ0v) is 14.3. The smallest absolute Gasteiger partial charge is 0.264 e. The first kappa shape index (κ1) is 16.9. The Balaban J connectivity index is 1.63. The molecule has 1 aromatic heterocycles. The molecule has 26 heavy (non-hydrogen) atoms. The summed E-state index contributed by atoms with van der Waals surface area (Å²) in [6.07, 6.45) is -1.55. The Kier molecular flexibility index (Phi) is 3.91. The number of piperidine rings is 1. The van der Waals surface area contributed by atoms with E-state index in [1.165, 1.54) is 16.2 Å². The van der Waals surface area contributed by atoms with Crippen LogP contribution in [0.25, 0.3) is 0 Å². The van der Waals surface area contributed by atoms with E-state index in [4.69, 9.17) is 5.73 Å². The number of hydrogen-bond donors (Lipinski definition) is 2. The molecule has 2 aliphatic heterocycles. The predicted octanol–water partition coefficient (Wildman–Crippen LogP) is 2.74. The highest BCUT2D eigenvalue weighted by Crippen LogP contribution is 2.38. The third-order valence-corrected chi connectivity index (χ3v) is 5.56. The fourth-order valence-electron chi connectivity index (χ4n) is 3.34. The fraction of sp³-hybridized carbons (Fsp3) is 0.294. The van der Waals surface area contributed by atoms with E-state index in [-0.39, 0.29) is 42.5 Å². The summed E-state index contributed by atoms with van der Waals surface area (Å²) in [5, 5.41) is 4.47. The van der Waals surface area contributed by atoms with Crippen molar-refractivity contribution in [2.45, 2.75) is 18.3 Å². The summed E-state index contributed by atoms with van der Waals surface area (Å²) in [5.74, 6) is -1.98. The minimum absolute atomic E-state index is 0.0847. The Morgan fingerprint density at radius 3 is 2.81 bits per heavy atom. The van der Waals surface area contributed by atoms with Crippen molar-refractivity contribution in [3.05, 3.63) is 51.7 Å². The molecule has 4 rings (SSSR count). The van der Waals surface area contributed by atoms with Gasteiger partial charge in [0.15, 0.2) is 11.8 Å². The lowest BCUT2D eigenvalue weighted by molar-refractivity contribution is 0.0498. The van der Waals surface area contributed by atoms with E-state index in [2.05, 4.69) is 10.3 Å². The molecule has 2 unspecified atom stereocenters. The largest absolute Gasteiger partial charge is 0.383 e. The number of nitrogens with two attached hydrogens (primary N) is 1. The number of amides is 1. The van der Waals surface area contributed by atoms with Gasteiger partial charge in [0.25, 0.3) is 5.91 Å². The minimum atomic E-state index is -1.63. The van der Waals surface area contributed by atoms with Crippen molar-refractivity contribution in [1.29, 1.82) is 0 Å². The summed E-state index contributed by atoms with van der Waals surface area (Å²) in [6.45, 7) is -0.0000170. The number of rotatable bonds is 1. The van der Waals surface area contributed by atoms with Gasteiger partial charge in [-0.3, -0.25) is 4.79 Å². The highest BCUT2D eigenvalue weighted by Gasteiger charge is 2.48. The number of nitrogens with zero attached hydrogens (tertiary/aromatic N) is 2. The topological polar surface area (TPSA) is 70.7 Å². The average Bonchev–Trinajstić information content (AvgIpc) is 3.14. The van der Waals surface area contributed by atoms with Crippen molar-refractivity contribution >= 4 is 28.8 Å². The highest BCUT2D eigenvalue weighted by molar-refractivity contribution is 7.12. The van der Waals surface area contributed by atoms with Gasteiger partial charge >= 0.3 is 0 Å². The van der Waals surface area contributed by atoms with Crippen LogP contribution in [0.15, 0.2) is 34.6 Å². The number of benzene rings is 1. The molecule has 1 saturated heterocycles. The number of alkyl halides is 1. The first-order chi connectivity index (χ1) is 12.4. The number of carbonyl (C=O) groups excluding carboxylic acids is 1. The zero-order chi connectivity index (χ0) is 18.5. The molecular formula is C17H15F3N4OS. The van der Waals surface area contributed by atoms with Crippen molar-refractivity contribution in [3.8, 4) is 0 Å². The van der Waals surface area contributed by atoms with Crippen molar-refractivity contribution in [1.82, 2.24) is 4.90 Å². The Bertz CT molecular complexity index is 902. The monoisotopic (exact) mass is 380 g/mol. The Morgan fingerprint density at radius 2 is 2.12 bits per heavy atom. The van der Waals surface area contributed by atoms with E-state index >= 15 is 4.39 Å². The molecule has 3 heterocycles. The number of halogens is 3. The van der Waals surface area contributed by atoms with Crippen LogP contribution in [0.2, 0.25) is 0 Å². The van der Waals surface area contributed by atoms with E-state index in [1.807, 2.05) is 0 Å². The Hall–Kier alpha value is -2.55. The van der Waals surface area contributed by atoms with Crippen molar-refractivity contribution < 1.29 is 18.0 Å². The normalized spacial score (nSPS) is 24.8. The Labute approximate surface area is 151 Å². The molecule has 136 valence electrons. The molecule has 3 N–H and O–H groups in total. The fourth-order valence-corrected chi connectivity index (χ4v) is 4.04. The summed E-state index contributed by atoms with van der Waals surface area (Å²) in [6, 6.07) is 5.33. The number of fused-ring (bicyclic) bond motifs is 1. The van der Waals surface area contributed by atoms with Crippen molar-refractivity contribution in [2.24, 2.45) is 10.7 Å². The van der Waals surface area contributed by atoms with Gasteiger partial charge in [0.1, 0.15) is 17.5 Å². The van der Waals surface area contributed by atoms with Crippen LogP contribution >= 0.6 is 11.3 Å². The van der Waals surface area contributed by atoms with Gasteiger partial charge in [-0.15, -0.1) is 11.3 Å². The molecule has 0 bridgehead atoms. The number of amidine groups is 1. The number of likely N-dealkylation sites (tertiary alicyclic amines) is 1. The molecule has 1 aromatic carbocycles. The lowest BCUT2D eigenvalue weighted by Gasteiger charge is -2.44. The van der Waals surface area contributed by atoms with Gasteiger partial charge in [-0.1, -0.05) is 6.07 Å². The molecule has 2 atom stereocenters. The summed E-state index contributed by atoms with van der Waals surface area (Å²) < 4.78 is 43.2. The van der Waals surface area contributed by atoms with E-state index in [0.29, 0.717) is 4.88 Å². The average molecular weight is 380 g/mol. The second kappa shape index (κ2) is 6.01. The van der Waals surface area contributed by atoms with Crippen LogP contribution in [0.4, 0.5) is 18.9 Å². The molecule has 1 fully saturated rings. The van der Waals surface area contributed by atoms with Gasteiger partial charge in [-0.2, -0.15) is 0 Å². The van der Waals surface area contributed by atoms with Gasteiger partial charge in [0, 0.05) is 13.0 Å². The van der Waals surface area contributed by atoms with Crippen LogP contribution in [-0.2, 0) is 0 Å². The first-order valence-electron chi connectivity index (χ1n) is 8.00. The lowest BCUT2D eigenvalue weighted by atomic mass is 9.91. The first-order valence-corrected chi connectivity index (χ1v) is 8.88. The van der Waals surface area contributed by atoms with Crippen LogP contribution in [0.3, 0.4) is 0 Å². The van der Waals surface area contributed by atoms with Crippen molar-refractivity contribution in [2.75, 3.05) is 18.4 Å². The summed E-state index contributed by atoms with van der Waals surface area (Å²) in [4.78, 5) is 18.5. The summed E-state index contributed by atoms with van der Waals surface area (Å²) >= 11 is 1.28. The lowest BCUT2D eigenvalue weighted by Crippen LogP contribution is -2.60. The number of thiophene rings is 1. The van der Waals surface area contributed by atoms with Crippen molar-refractivity contribution in [3.63, 3.8) is 0 Å². The molecule has 0 radical (unpaired) electrons. The number of aliphatic imine (C=N–C) groups is 1. The molecule has 1 spiro atoms. The molecule has 2 aliphatic rings. The third kappa shape index (κ3) is 2.54. The number of hydrogen-bond acceptors (Lipinski definition) is 5. The van der Waals surface area contributed by atoms with Gasteiger partial charge in [-0.05, 0) is 23.6 Å². The summed E-state index contributed by atoms with van der Waals surface area (Å²) in [5.41, 5.74) is 3.91. The zero-order valence-electron chi connectivity index (χ0n) is 13.5. The maximum atomic E-state index is 15.0. The SMILES string of the molecule is NC1=NC2(CCN(C(=O)c3cccs3)CC2F)Nc2c(F)ccc(F)c21. The molecular weight excluding hydrogens is 365 g/mol.